The first-order valence-electron chi connectivity index (χ1n) is 48.0. The molecular weight excluding hydrogens is 1820 g/mol. The monoisotopic (exact) mass is 1940 g/mol. The van der Waals surface area contributed by atoms with Gasteiger partial charge in [-0.3, -0.25) is 24.2 Å². The molecule has 10 heterocycles. The number of nitrogens with zero attached hydrogens (tertiary/aromatic N) is 9. The fraction of sp³-hybridized carbons (Fsp3) is 0.452. The van der Waals surface area contributed by atoms with Gasteiger partial charge < -0.3 is 88.9 Å². The van der Waals surface area contributed by atoms with E-state index >= 15 is 17.6 Å². The second-order valence-corrected chi connectivity index (χ2v) is 38.6. The fourth-order valence-corrected chi connectivity index (χ4v) is 20.5. The normalized spacial score (nSPS) is 19.3. The van der Waals surface area contributed by atoms with E-state index in [4.69, 9.17) is 38.5 Å². The first kappa shape index (κ1) is 100. The number of H-pyrrole nitrogens is 4. The molecule has 6 aromatic carbocycles. The Hall–Kier alpha value is -14.0. The Morgan fingerprint density at radius 1 is 0.418 bits per heavy atom. The summed E-state index contributed by atoms with van der Waals surface area (Å²) in [6.45, 7) is 17.3. The maximum Gasteiger partial charge on any atom is 0.410 e. The van der Waals surface area contributed by atoms with E-state index in [0.717, 1.165) is 72.2 Å². The van der Waals surface area contributed by atoms with Crippen LogP contribution in [0.15, 0.2) is 146 Å². The highest BCUT2D eigenvalue weighted by Gasteiger charge is 2.49. The lowest BCUT2D eigenvalue weighted by atomic mass is 9.89. The number of carboxylic acids is 1. The van der Waals surface area contributed by atoms with Gasteiger partial charge in [0.25, 0.3) is 11.8 Å². The summed E-state index contributed by atoms with van der Waals surface area (Å²) in [5, 5.41) is 16.6. The number of alkyl halides is 4. The maximum absolute atomic E-state index is 16.5. The van der Waals surface area contributed by atoms with Crippen molar-refractivity contribution in [3.05, 3.63) is 192 Å². The average Bonchev–Trinajstić information content (AvgIpc) is 1.57. The molecule has 37 heteroatoms. The molecule has 6 fully saturated rings. The minimum atomic E-state index is -3.27. The minimum absolute atomic E-state index is 0.0544. The van der Waals surface area contributed by atoms with E-state index in [1.54, 1.807) is 89.0 Å². The zero-order valence-electron chi connectivity index (χ0n) is 80.9. The summed E-state index contributed by atoms with van der Waals surface area (Å²) in [5.74, 6) is -6.17. The van der Waals surface area contributed by atoms with Gasteiger partial charge in [0.2, 0.25) is 17.7 Å². The minimum Gasteiger partial charge on any atom is -0.480 e. The second-order valence-electron chi connectivity index (χ2n) is 38.6. The van der Waals surface area contributed by atoms with E-state index in [2.05, 4.69) is 55.6 Å². The zero-order valence-corrected chi connectivity index (χ0v) is 80.9. The molecule has 8 amide bonds. The highest BCUT2D eigenvalue weighted by atomic mass is 19.3. The summed E-state index contributed by atoms with van der Waals surface area (Å²) < 4.78 is 101. The lowest BCUT2D eigenvalue weighted by Gasteiger charge is -2.38. The number of likely N-dealkylation sites (N-methyl/N-ethyl adjacent to an activating group) is 1. The average molecular weight is 1940 g/mol. The number of imidazole rings is 4. The van der Waals surface area contributed by atoms with Crippen molar-refractivity contribution in [3.63, 3.8) is 0 Å². The summed E-state index contributed by atoms with van der Waals surface area (Å²) in [7, 11) is 6.64. The number of hydrogen-bond acceptors (Lipinski definition) is 20. The molecule has 141 heavy (non-hydrogen) atoms. The van der Waals surface area contributed by atoms with Crippen molar-refractivity contribution in [3.8, 4) is 89.5 Å². The predicted octanol–water partition coefficient (Wildman–Crippen LogP) is 18.0. The van der Waals surface area contributed by atoms with Gasteiger partial charge in [0.15, 0.2) is 0 Å². The number of carbonyl (C=O) groups excluding carboxylic acids is 8. The molecule has 0 radical (unpaired) electrons. The number of aromatic nitrogens is 8. The van der Waals surface area contributed by atoms with Gasteiger partial charge in [-0.15, -0.1) is 0 Å². The highest BCUT2D eigenvalue weighted by molar-refractivity contribution is 5.91. The molecule has 0 saturated carbocycles. The van der Waals surface area contributed by atoms with Crippen LogP contribution in [0.25, 0.3) is 89.5 Å². The number of alkyl carbamates (subject to hydrolysis) is 3. The number of hydrogen-bond donors (Lipinski definition) is 8. The van der Waals surface area contributed by atoms with Crippen molar-refractivity contribution < 1.29 is 99.0 Å². The number of rotatable bonds is 22. The number of halogens is 4. The molecule has 8 aliphatic rings. The molecule has 8 N–H and O–H groups in total. The van der Waals surface area contributed by atoms with Crippen LogP contribution < -0.4 is 16.0 Å². The second kappa shape index (κ2) is 42.2. The van der Waals surface area contributed by atoms with Crippen LogP contribution in [0.1, 0.15) is 195 Å². The van der Waals surface area contributed by atoms with Crippen LogP contribution in [0, 0.1) is 23.7 Å². The summed E-state index contributed by atoms with van der Waals surface area (Å²) in [5.41, 5.74) is 9.37. The number of nitrogens with one attached hydrogen (secondary N) is 7. The van der Waals surface area contributed by atoms with E-state index in [1.807, 2.05) is 120 Å². The van der Waals surface area contributed by atoms with Crippen molar-refractivity contribution in [2.45, 2.75) is 191 Å². The molecule has 6 aliphatic heterocycles. The van der Waals surface area contributed by atoms with Gasteiger partial charge in [-0.25, -0.2) is 48.7 Å². The molecule has 746 valence electrons. The first-order chi connectivity index (χ1) is 67.5. The van der Waals surface area contributed by atoms with E-state index in [1.165, 1.54) is 45.5 Å². The van der Waals surface area contributed by atoms with Crippen LogP contribution >= 0.6 is 0 Å². The van der Waals surface area contributed by atoms with Crippen molar-refractivity contribution in [1.29, 1.82) is 0 Å². The maximum atomic E-state index is 16.5. The topological polar surface area (TPSA) is 405 Å². The zero-order chi connectivity index (χ0) is 100. The molecule has 33 nitrogen and oxygen atoms in total. The number of ether oxygens (including phenoxy) is 7. The standard InChI is InChI=1S/C50H56F2N8O7.C45H49F2N7O5.C9H15NO5/c1-28(2)42(57-48(63)65-4)46(61)59-20-6-8-40(59)44-54-27-39(56-44)33-15-17-35-34-16-14-32(24-36(34)50(51,52)37(35)25-33)29-10-12-30(13-11-29)38-26-53-45(55-38)41-9-7-21-60(41)47(62)43(58(3)49(64)66-5)31-18-22-67-23-19-31;1-25(2)38(52-42(56)58-6)41(55)53-19-7-9-36(53)39-49-24-35(51-39)29-16-18-31-30-17-15-28(21-32(30)45(46,47)33(31)22-29)26-11-13-27(14-12-26)34-23-48-40(50-34)37-10-8-20-54(37)43(57)59-44(3,4)5;1-14-9(13)10-7(8(11)12)6-2-4-15-5-3-6/h10-17,24-28,31,40-43H,6-9,18-23H2,1-5H3,(H,53,55)(H,54,56)(H,57,63);11-18,21-25,36-38H,7-10,19-20H2,1-6H3,(H,48,50)(H,49,51)(H,52,56);6-7H,2-5H2,1H3,(H,10,13)(H,11,12)/t40-,41-,42-,43?;36-,37-,38?;7-/m000/s1. The van der Waals surface area contributed by atoms with Crippen molar-refractivity contribution >= 4 is 54.2 Å². The molecule has 2 unspecified atom stereocenters. The molecule has 2 aliphatic carbocycles. The number of aromatic amines is 4. The summed E-state index contributed by atoms with van der Waals surface area (Å²) >= 11 is 0. The smallest absolute Gasteiger partial charge is 0.410 e. The number of aliphatic carboxylic acids is 1. The van der Waals surface area contributed by atoms with Crippen molar-refractivity contribution in [2.24, 2.45) is 23.7 Å². The molecule has 0 bridgehead atoms. The number of amides is 8. The van der Waals surface area contributed by atoms with E-state index < -0.39 is 72.0 Å². The third-order valence-electron chi connectivity index (χ3n) is 27.9. The number of benzene rings is 6. The molecule has 6 saturated heterocycles. The van der Waals surface area contributed by atoms with Crippen molar-refractivity contribution in [1.82, 2.24) is 80.3 Å². The van der Waals surface area contributed by atoms with E-state index in [9.17, 15) is 43.2 Å². The van der Waals surface area contributed by atoms with Gasteiger partial charge in [-0.2, -0.15) is 17.6 Å². The van der Waals surface area contributed by atoms with Crippen LogP contribution in [0.3, 0.4) is 0 Å². The van der Waals surface area contributed by atoms with Gasteiger partial charge in [-0.1, -0.05) is 125 Å². The SMILES string of the molecule is COC(=O)NC(C(=O)N1CCC[C@H]1c1ncc(-c2ccc3c(c2)C(F)(F)c2cc(-c4ccc(-c5cnc([C@@H]6CCCN6C(=O)OC(C)(C)C)[nH]5)cc4)ccc2-3)[nH]1)C(C)C.COC(=O)N[C@H](C(=O)N1CCC[C@H]1c1ncc(-c2ccc3c(c2)C(F)(F)c2cc(-c4ccc(-c5cnc([C@@H]6CCCN6C(=O)C(C6CCOCC6)N(C)C(=O)OC)[nH]5)cc4)ccc2-3)[nH]1)C(C)C.COC(=O)N[C@H](C(=O)O)C1CCOCC1. The third-order valence-corrected chi connectivity index (χ3v) is 27.9. The predicted molar refractivity (Wildman–Crippen MR) is 513 cm³/mol. The van der Waals surface area contributed by atoms with Crippen LogP contribution in [-0.2, 0) is 64.2 Å². The fourth-order valence-electron chi connectivity index (χ4n) is 20.5. The van der Waals surface area contributed by atoms with E-state index in [0.29, 0.717) is 170 Å². The number of carboxylic acid groups (broad SMARTS) is 1. The number of carbonyl (C=O) groups is 9. The third kappa shape index (κ3) is 21.1. The Balaban J connectivity index is 0.000000178. The Bertz CT molecular complexity index is 6260. The molecule has 0 spiro atoms. The van der Waals surface area contributed by atoms with Crippen LogP contribution in [0.5, 0.6) is 0 Å². The molecule has 4 aromatic heterocycles. The molecule has 18 rings (SSSR count). The van der Waals surface area contributed by atoms with Crippen LogP contribution in [-0.4, -0.2) is 241 Å². The van der Waals surface area contributed by atoms with Gasteiger partial charge in [-0.05, 0) is 201 Å². The first-order valence-corrected chi connectivity index (χ1v) is 48.0. The summed E-state index contributed by atoms with van der Waals surface area (Å²) in [6.07, 6.45) is 12.3. The number of methoxy groups -OCH3 is 4. The number of fused-ring (bicyclic) bond motifs is 6. The van der Waals surface area contributed by atoms with Crippen molar-refractivity contribution in [2.75, 3.05) is 88.1 Å². The van der Waals surface area contributed by atoms with Crippen LogP contribution in [0.4, 0.5) is 41.5 Å². The van der Waals surface area contributed by atoms with Crippen LogP contribution in [0.2, 0.25) is 0 Å². The molecule has 10 aromatic rings. The Kier molecular flexibility index (Phi) is 29.9. The van der Waals surface area contributed by atoms with Gasteiger partial charge in [0.1, 0.15) is 53.1 Å². The Morgan fingerprint density at radius 3 is 1.06 bits per heavy atom. The summed E-state index contributed by atoms with van der Waals surface area (Å²) in [6, 6.07) is 31.5. The summed E-state index contributed by atoms with van der Waals surface area (Å²) in [4.78, 5) is 153. The van der Waals surface area contributed by atoms with Gasteiger partial charge in [0, 0.05) is 93.0 Å². The lowest BCUT2D eigenvalue weighted by Crippen LogP contribution is -2.53. The molecule has 8 atom stereocenters. The quantitative estimate of drug-likeness (QED) is 0.0231. The Morgan fingerprint density at radius 2 is 0.723 bits per heavy atom. The number of likely N-dealkylation sites (tertiary alicyclic amines) is 4. The molecular formula is C104H120F4N16O17. The van der Waals surface area contributed by atoms with Gasteiger partial charge >= 0.3 is 36.4 Å². The lowest BCUT2D eigenvalue weighted by molar-refractivity contribution is -0.142. The Labute approximate surface area is 813 Å². The van der Waals surface area contributed by atoms with E-state index in [-0.39, 0.29) is 93.9 Å². The largest absolute Gasteiger partial charge is 0.480 e. The highest BCUT2D eigenvalue weighted by Crippen LogP contribution is 2.55. The van der Waals surface area contributed by atoms with Gasteiger partial charge in [0.05, 0.1) is 100 Å².